The molecule has 1 aromatic rings. The number of anilines is 1. The SMILES string of the molecule is COC(=O)CCC(=O)Nc1ccncc1. The fourth-order valence-electron chi connectivity index (χ4n) is 0.976. The topological polar surface area (TPSA) is 68.3 Å². The Balaban J connectivity index is 2.34. The van der Waals surface area contributed by atoms with Gasteiger partial charge in [-0.2, -0.15) is 0 Å². The van der Waals surface area contributed by atoms with Crippen molar-refractivity contribution in [2.24, 2.45) is 0 Å². The lowest BCUT2D eigenvalue weighted by molar-refractivity contribution is -0.141. The highest BCUT2D eigenvalue weighted by Crippen LogP contribution is 2.04. The first-order valence-electron chi connectivity index (χ1n) is 4.49. The third-order valence-electron chi connectivity index (χ3n) is 1.75. The quantitative estimate of drug-likeness (QED) is 0.749. The second-order valence-corrected chi connectivity index (χ2v) is 2.86. The van der Waals surface area contributed by atoms with E-state index in [0.29, 0.717) is 5.69 Å². The Morgan fingerprint density at radius 3 is 2.60 bits per heavy atom. The highest BCUT2D eigenvalue weighted by atomic mass is 16.5. The summed E-state index contributed by atoms with van der Waals surface area (Å²) in [5.74, 6) is -0.605. The lowest BCUT2D eigenvalue weighted by atomic mass is 10.3. The van der Waals surface area contributed by atoms with Crippen LogP contribution in [-0.2, 0) is 14.3 Å². The smallest absolute Gasteiger partial charge is 0.306 e. The molecule has 0 saturated carbocycles. The average Bonchev–Trinajstić information content (AvgIpc) is 2.27. The van der Waals surface area contributed by atoms with Crippen molar-refractivity contribution in [1.82, 2.24) is 4.98 Å². The number of methoxy groups -OCH3 is 1. The standard InChI is InChI=1S/C10H12N2O3/c1-15-10(14)3-2-9(13)12-8-4-6-11-7-5-8/h4-7H,2-3H2,1H3,(H,11,12,13). The van der Waals surface area contributed by atoms with Crippen molar-refractivity contribution in [2.75, 3.05) is 12.4 Å². The van der Waals surface area contributed by atoms with Gasteiger partial charge in [0.25, 0.3) is 0 Å². The molecule has 80 valence electrons. The molecule has 1 heterocycles. The normalized spacial score (nSPS) is 9.40. The van der Waals surface area contributed by atoms with Gasteiger partial charge in [0.1, 0.15) is 0 Å². The van der Waals surface area contributed by atoms with E-state index in [1.165, 1.54) is 7.11 Å². The molecule has 1 aromatic heterocycles. The molecule has 0 atom stereocenters. The number of hydrogen-bond donors (Lipinski definition) is 1. The summed E-state index contributed by atoms with van der Waals surface area (Å²) in [6, 6.07) is 3.35. The number of esters is 1. The number of aromatic nitrogens is 1. The molecular formula is C10H12N2O3. The average molecular weight is 208 g/mol. The van der Waals surface area contributed by atoms with Crippen LogP contribution in [0.4, 0.5) is 5.69 Å². The molecule has 0 aliphatic heterocycles. The molecule has 1 N–H and O–H groups in total. The maximum atomic E-state index is 11.3. The number of nitrogens with one attached hydrogen (secondary N) is 1. The number of pyridine rings is 1. The Morgan fingerprint density at radius 1 is 1.33 bits per heavy atom. The third-order valence-corrected chi connectivity index (χ3v) is 1.75. The van der Waals surface area contributed by atoms with Crippen molar-refractivity contribution in [3.05, 3.63) is 24.5 Å². The molecule has 0 fully saturated rings. The second-order valence-electron chi connectivity index (χ2n) is 2.86. The molecule has 5 heteroatoms. The molecule has 0 aliphatic rings. The molecule has 15 heavy (non-hydrogen) atoms. The summed E-state index contributed by atoms with van der Waals surface area (Å²) < 4.78 is 4.42. The van der Waals surface area contributed by atoms with Crippen molar-refractivity contribution >= 4 is 17.6 Å². The minimum atomic E-state index is -0.389. The van der Waals surface area contributed by atoms with E-state index >= 15 is 0 Å². The summed E-state index contributed by atoms with van der Waals surface area (Å²) in [7, 11) is 1.29. The summed E-state index contributed by atoms with van der Waals surface area (Å²) >= 11 is 0. The zero-order chi connectivity index (χ0) is 11.1. The van der Waals surface area contributed by atoms with Crippen LogP contribution in [0.2, 0.25) is 0 Å². The summed E-state index contributed by atoms with van der Waals surface area (Å²) in [6.45, 7) is 0. The number of nitrogens with zero attached hydrogens (tertiary/aromatic N) is 1. The summed E-state index contributed by atoms with van der Waals surface area (Å²) in [6.07, 6.45) is 3.37. The first-order valence-corrected chi connectivity index (χ1v) is 4.49. The van der Waals surface area contributed by atoms with Gasteiger partial charge in [0.05, 0.1) is 13.5 Å². The Morgan fingerprint density at radius 2 is 2.00 bits per heavy atom. The molecule has 1 rings (SSSR count). The first kappa shape index (κ1) is 11.2. The molecule has 0 spiro atoms. The number of hydrogen-bond acceptors (Lipinski definition) is 4. The molecule has 0 radical (unpaired) electrons. The van der Waals surface area contributed by atoms with Gasteiger partial charge in [-0.3, -0.25) is 14.6 Å². The minimum Gasteiger partial charge on any atom is -0.469 e. The zero-order valence-electron chi connectivity index (χ0n) is 8.40. The molecular weight excluding hydrogens is 196 g/mol. The summed E-state index contributed by atoms with van der Waals surface area (Å²) in [5.41, 5.74) is 0.667. The van der Waals surface area contributed by atoms with Gasteiger partial charge in [0.2, 0.25) is 5.91 Å². The van der Waals surface area contributed by atoms with E-state index in [2.05, 4.69) is 15.0 Å². The van der Waals surface area contributed by atoms with E-state index in [4.69, 9.17) is 0 Å². The maximum absolute atomic E-state index is 11.3. The Bertz CT molecular complexity index is 338. The van der Waals surface area contributed by atoms with Crippen LogP contribution in [0.15, 0.2) is 24.5 Å². The van der Waals surface area contributed by atoms with Gasteiger partial charge in [0, 0.05) is 24.5 Å². The van der Waals surface area contributed by atoms with Crippen LogP contribution in [0.3, 0.4) is 0 Å². The van der Waals surface area contributed by atoms with Crippen LogP contribution in [0, 0.1) is 0 Å². The van der Waals surface area contributed by atoms with Crippen molar-refractivity contribution in [2.45, 2.75) is 12.8 Å². The van der Waals surface area contributed by atoms with E-state index < -0.39 is 0 Å². The van der Waals surface area contributed by atoms with Crippen LogP contribution in [0.5, 0.6) is 0 Å². The summed E-state index contributed by atoms with van der Waals surface area (Å²) in [5, 5.41) is 2.63. The molecule has 0 bridgehead atoms. The van der Waals surface area contributed by atoms with Gasteiger partial charge >= 0.3 is 5.97 Å². The van der Waals surface area contributed by atoms with Gasteiger partial charge < -0.3 is 10.1 Å². The lowest BCUT2D eigenvalue weighted by Gasteiger charge is -2.03. The van der Waals surface area contributed by atoms with E-state index in [1.807, 2.05) is 0 Å². The van der Waals surface area contributed by atoms with Crippen LogP contribution < -0.4 is 5.32 Å². The Labute approximate surface area is 87.5 Å². The molecule has 0 unspecified atom stereocenters. The zero-order valence-corrected chi connectivity index (χ0v) is 8.40. The Hall–Kier alpha value is -1.91. The van der Waals surface area contributed by atoms with Crippen molar-refractivity contribution in [3.63, 3.8) is 0 Å². The van der Waals surface area contributed by atoms with Crippen LogP contribution >= 0.6 is 0 Å². The largest absolute Gasteiger partial charge is 0.469 e. The molecule has 5 nitrogen and oxygen atoms in total. The number of carbonyl (C=O) groups excluding carboxylic acids is 2. The first-order chi connectivity index (χ1) is 7.22. The van der Waals surface area contributed by atoms with Gasteiger partial charge in [-0.25, -0.2) is 0 Å². The molecule has 0 aromatic carbocycles. The van der Waals surface area contributed by atoms with Gasteiger partial charge in [-0.05, 0) is 12.1 Å². The van der Waals surface area contributed by atoms with Gasteiger partial charge in [-0.1, -0.05) is 0 Å². The number of ether oxygens (including phenoxy) is 1. The fourth-order valence-corrected chi connectivity index (χ4v) is 0.976. The number of amides is 1. The Kier molecular flexibility index (Phi) is 4.28. The minimum absolute atomic E-state index is 0.0907. The van der Waals surface area contributed by atoms with Crippen LogP contribution in [0.1, 0.15) is 12.8 Å². The highest BCUT2D eigenvalue weighted by Gasteiger charge is 2.06. The van der Waals surface area contributed by atoms with Gasteiger partial charge in [0.15, 0.2) is 0 Å². The monoisotopic (exact) mass is 208 g/mol. The van der Waals surface area contributed by atoms with Crippen LogP contribution in [-0.4, -0.2) is 24.0 Å². The van der Waals surface area contributed by atoms with Crippen molar-refractivity contribution in [1.29, 1.82) is 0 Å². The fraction of sp³-hybridized carbons (Fsp3) is 0.300. The molecule has 0 aliphatic carbocycles. The second kappa shape index (κ2) is 5.74. The third kappa shape index (κ3) is 4.21. The van der Waals surface area contributed by atoms with Crippen molar-refractivity contribution in [3.8, 4) is 0 Å². The van der Waals surface area contributed by atoms with E-state index in [-0.39, 0.29) is 24.7 Å². The highest BCUT2D eigenvalue weighted by molar-refractivity contribution is 5.92. The van der Waals surface area contributed by atoms with E-state index in [0.717, 1.165) is 0 Å². The van der Waals surface area contributed by atoms with Gasteiger partial charge in [-0.15, -0.1) is 0 Å². The van der Waals surface area contributed by atoms with Crippen LogP contribution in [0.25, 0.3) is 0 Å². The summed E-state index contributed by atoms with van der Waals surface area (Å²) in [4.78, 5) is 25.9. The van der Waals surface area contributed by atoms with Crippen molar-refractivity contribution < 1.29 is 14.3 Å². The predicted molar refractivity (Wildman–Crippen MR) is 54.1 cm³/mol. The number of rotatable bonds is 4. The lowest BCUT2D eigenvalue weighted by Crippen LogP contribution is -2.13. The predicted octanol–water partition coefficient (Wildman–Crippen LogP) is 0.973. The molecule has 0 saturated heterocycles. The van der Waals surface area contributed by atoms with E-state index in [1.54, 1.807) is 24.5 Å². The maximum Gasteiger partial charge on any atom is 0.306 e. The number of carbonyl (C=O) groups is 2. The van der Waals surface area contributed by atoms with E-state index in [9.17, 15) is 9.59 Å². The molecule has 1 amide bonds.